The Labute approximate surface area is 102 Å². The molecule has 0 unspecified atom stereocenters. The van der Waals surface area contributed by atoms with Gasteiger partial charge in [-0.05, 0) is 38.8 Å². The number of aliphatic carboxylic acids is 2. The second kappa shape index (κ2) is 15.9. The topological polar surface area (TPSA) is 132 Å². The predicted octanol–water partition coefficient (Wildman–Crippen LogP) is -3.05. The van der Waals surface area contributed by atoms with Crippen LogP contribution in [0, 0.1) is 0 Å². The van der Waals surface area contributed by atoms with Crippen LogP contribution in [0.4, 0.5) is 0 Å². The minimum absolute atomic E-state index is 0. The first-order valence-electron chi connectivity index (χ1n) is 4.34. The fraction of sp³-hybridized carbons (Fsp3) is 0.750. The van der Waals surface area contributed by atoms with Crippen molar-refractivity contribution in [1.82, 2.24) is 0 Å². The summed E-state index contributed by atoms with van der Waals surface area (Å²) in [5.74, 6) is -2.05. The molecule has 0 aromatic heterocycles. The Kier molecular flexibility index (Phi) is 21.2. The Bertz CT molecular complexity index is 149. The average Bonchev–Trinajstić information content (AvgIpc) is 2.12. The first-order valence-corrected chi connectivity index (χ1v) is 4.34. The minimum atomic E-state index is -1.02. The molecule has 0 aromatic carbocycles. The number of carbonyl (C=O) groups excluding carboxylic acids is 2. The fourth-order valence-electron chi connectivity index (χ4n) is 0.493. The molecule has 0 rings (SSSR count). The summed E-state index contributed by atoms with van der Waals surface area (Å²) in [6.07, 6.45) is 1.19. The zero-order valence-electron chi connectivity index (χ0n) is 8.74. The SMILES string of the molecule is NCCCC(=O)[O-].NCCCC(=O)[O-].[Zn+2]. The monoisotopic (exact) mass is 268 g/mol. The Hall–Kier alpha value is -0.517. The molecule has 0 spiro atoms. The number of hydrogen-bond acceptors (Lipinski definition) is 6. The predicted molar refractivity (Wildman–Crippen MR) is 46.6 cm³/mol. The van der Waals surface area contributed by atoms with Crippen molar-refractivity contribution in [3.63, 3.8) is 0 Å². The number of carbonyl (C=O) groups is 2. The van der Waals surface area contributed by atoms with Gasteiger partial charge >= 0.3 is 19.5 Å². The van der Waals surface area contributed by atoms with E-state index in [1.807, 2.05) is 0 Å². The molecule has 7 heteroatoms. The van der Waals surface area contributed by atoms with Gasteiger partial charge in [0, 0.05) is 11.9 Å². The molecule has 0 atom stereocenters. The van der Waals surface area contributed by atoms with Gasteiger partial charge in [0.1, 0.15) is 0 Å². The van der Waals surface area contributed by atoms with E-state index in [2.05, 4.69) is 0 Å². The van der Waals surface area contributed by atoms with Crippen LogP contribution in [0.25, 0.3) is 0 Å². The first-order chi connectivity index (χ1) is 6.54. The Morgan fingerprint density at radius 3 is 1.20 bits per heavy atom. The maximum absolute atomic E-state index is 9.59. The molecular formula is C8H16N2O4Zn. The Morgan fingerprint density at radius 1 is 0.867 bits per heavy atom. The summed E-state index contributed by atoms with van der Waals surface area (Å²) in [6, 6.07) is 0. The fourth-order valence-corrected chi connectivity index (χ4v) is 0.493. The van der Waals surface area contributed by atoms with Gasteiger partial charge in [0.25, 0.3) is 0 Å². The summed E-state index contributed by atoms with van der Waals surface area (Å²) < 4.78 is 0. The summed E-state index contributed by atoms with van der Waals surface area (Å²) in [5.41, 5.74) is 9.97. The molecule has 0 saturated carbocycles. The van der Waals surface area contributed by atoms with Crippen LogP contribution in [0.5, 0.6) is 0 Å². The van der Waals surface area contributed by atoms with E-state index < -0.39 is 11.9 Å². The average molecular weight is 270 g/mol. The Morgan fingerprint density at radius 2 is 1.13 bits per heavy atom. The molecule has 0 radical (unpaired) electrons. The van der Waals surface area contributed by atoms with Crippen molar-refractivity contribution in [2.24, 2.45) is 11.5 Å². The van der Waals surface area contributed by atoms with Gasteiger partial charge in [-0.1, -0.05) is 0 Å². The van der Waals surface area contributed by atoms with E-state index in [0.29, 0.717) is 25.9 Å². The van der Waals surface area contributed by atoms with Crippen molar-refractivity contribution < 1.29 is 39.3 Å². The molecule has 15 heavy (non-hydrogen) atoms. The van der Waals surface area contributed by atoms with Gasteiger partial charge in [0.15, 0.2) is 0 Å². The molecule has 0 aliphatic heterocycles. The number of carboxylic acid groups (broad SMARTS) is 2. The Balaban J connectivity index is -0.000000180. The van der Waals surface area contributed by atoms with E-state index in [9.17, 15) is 19.8 Å². The van der Waals surface area contributed by atoms with Crippen molar-refractivity contribution in [1.29, 1.82) is 0 Å². The summed E-state index contributed by atoms with van der Waals surface area (Å²) in [4.78, 5) is 19.2. The van der Waals surface area contributed by atoms with Gasteiger partial charge in [0.05, 0.1) is 0 Å². The van der Waals surface area contributed by atoms with Crippen molar-refractivity contribution >= 4 is 11.9 Å². The molecule has 0 aromatic rings. The maximum Gasteiger partial charge on any atom is 2.00 e. The van der Waals surface area contributed by atoms with E-state index >= 15 is 0 Å². The molecule has 0 heterocycles. The molecule has 0 saturated heterocycles. The van der Waals surface area contributed by atoms with Gasteiger partial charge in [-0.25, -0.2) is 0 Å². The van der Waals surface area contributed by atoms with Crippen LogP contribution < -0.4 is 21.7 Å². The number of rotatable bonds is 6. The third-order valence-corrected chi connectivity index (χ3v) is 1.17. The van der Waals surface area contributed by atoms with E-state index in [-0.39, 0.29) is 32.3 Å². The van der Waals surface area contributed by atoms with E-state index in [1.54, 1.807) is 0 Å². The van der Waals surface area contributed by atoms with E-state index in [4.69, 9.17) is 11.5 Å². The molecule has 0 aliphatic rings. The zero-order valence-corrected chi connectivity index (χ0v) is 11.7. The van der Waals surface area contributed by atoms with Crippen LogP contribution in [-0.2, 0) is 29.1 Å². The van der Waals surface area contributed by atoms with Crippen LogP contribution in [0.2, 0.25) is 0 Å². The normalized spacial score (nSPS) is 8.13. The van der Waals surface area contributed by atoms with Crippen molar-refractivity contribution in [2.45, 2.75) is 25.7 Å². The largest absolute Gasteiger partial charge is 2.00 e. The van der Waals surface area contributed by atoms with Crippen LogP contribution in [0.1, 0.15) is 25.7 Å². The smallest absolute Gasteiger partial charge is 0.550 e. The van der Waals surface area contributed by atoms with Gasteiger partial charge < -0.3 is 31.3 Å². The molecule has 0 bridgehead atoms. The summed E-state index contributed by atoms with van der Waals surface area (Å²) in [6.45, 7) is 0.849. The van der Waals surface area contributed by atoms with Gasteiger partial charge in [-0.2, -0.15) is 0 Å². The summed E-state index contributed by atoms with van der Waals surface area (Å²) >= 11 is 0. The van der Waals surface area contributed by atoms with Crippen LogP contribution in [-0.4, -0.2) is 25.0 Å². The quantitative estimate of drug-likeness (QED) is 0.492. The van der Waals surface area contributed by atoms with E-state index in [1.165, 1.54) is 0 Å². The second-order valence-corrected chi connectivity index (χ2v) is 2.53. The number of hydrogen-bond donors (Lipinski definition) is 2. The molecular weight excluding hydrogens is 253 g/mol. The summed E-state index contributed by atoms with van der Waals surface area (Å²) in [5, 5.41) is 19.2. The van der Waals surface area contributed by atoms with Crippen LogP contribution in [0.15, 0.2) is 0 Å². The molecule has 4 N–H and O–H groups in total. The number of carboxylic acids is 2. The zero-order chi connectivity index (χ0) is 11.4. The second-order valence-electron chi connectivity index (χ2n) is 2.53. The van der Waals surface area contributed by atoms with Crippen molar-refractivity contribution in [2.75, 3.05) is 13.1 Å². The maximum atomic E-state index is 9.59. The first kappa shape index (κ1) is 20.0. The molecule has 84 valence electrons. The molecule has 0 amide bonds. The minimum Gasteiger partial charge on any atom is -0.550 e. The molecule has 0 aliphatic carbocycles. The summed E-state index contributed by atoms with van der Waals surface area (Å²) in [7, 11) is 0. The standard InChI is InChI=1S/2C4H9NO2.Zn/c2*5-3-1-2-4(6)7;/h2*1-3,5H2,(H,6,7);/q;;+2/p-2. The third-order valence-electron chi connectivity index (χ3n) is 1.17. The number of nitrogens with two attached hydrogens (primary N) is 2. The molecule has 6 nitrogen and oxygen atoms in total. The van der Waals surface area contributed by atoms with Crippen molar-refractivity contribution in [3.05, 3.63) is 0 Å². The molecule has 0 fully saturated rings. The van der Waals surface area contributed by atoms with E-state index in [0.717, 1.165) is 0 Å². The third kappa shape index (κ3) is 31.7. The van der Waals surface area contributed by atoms with Crippen LogP contribution in [0.3, 0.4) is 0 Å². The van der Waals surface area contributed by atoms with Crippen molar-refractivity contribution in [3.8, 4) is 0 Å². The van der Waals surface area contributed by atoms with Crippen LogP contribution >= 0.6 is 0 Å². The van der Waals surface area contributed by atoms with Gasteiger partial charge in [-0.3, -0.25) is 0 Å². The van der Waals surface area contributed by atoms with Gasteiger partial charge in [-0.15, -0.1) is 0 Å². The van der Waals surface area contributed by atoms with Gasteiger partial charge in [0.2, 0.25) is 0 Å².